The van der Waals surface area contributed by atoms with Crippen LogP contribution in [0.3, 0.4) is 0 Å². The molecule has 2 aromatic heterocycles. The summed E-state index contributed by atoms with van der Waals surface area (Å²) in [6.07, 6.45) is 3.02. The lowest BCUT2D eigenvalue weighted by molar-refractivity contribution is 0.101. The first-order valence-electron chi connectivity index (χ1n) is 6.57. The molecule has 0 saturated heterocycles. The number of rotatable bonds is 4. The van der Waals surface area contributed by atoms with E-state index in [1.54, 1.807) is 35.0 Å². The molecule has 0 aliphatic carbocycles. The van der Waals surface area contributed by atoms with Crippen molar-refractivity contribution in [2.24, 2.45) is 0 Å². The van der Waals surface area contributed by atoms with Crippen LogP contribution in [-0.2, 0) is 0 Å². The number of fused-ring (bicyclic) bond motifs is 1. The molecule has 3 rings (SSSR count). The highest BCUT2D eigenvalue weighted by Gasteiger charge is 2.11. The molecule has 0 aliphatic rings. The summed E-state index contributed by atoms with van der Waals surface area (Å²) in [4.78, 5) is 19.7. The first-order valence-corrected chi connectivity index (χ1v) is 6.57. The lowest BCUT2D eigenvalue weighted by Crippen LogP contribution is -2.07. The molecule has 1 atom stereocenters. The highest BCUT2D eigenvalue weighted by molar-refractivity contribution is 5.94. The molecule has 0 N–H and O–H groups in total. The molecular weight excluding hydrogens is 268 g/mol. The minimum atomic E-state index is -0.227. The molecule has 1 unspecified atom stereocenters. The Morgan fingerprint density at radius 2 is 2.00 bits per heavy atom. The Balaban J connectivity index is 1.78. The van der Waals surface area contributed by atoms with Gasteiger partial charge in [0.2, 0.25) is 0 Å². The second-order valence-electron chi connectivity index (χ2n) is 4.70. The fourth-order valence-electron chi connectivity index (χ4n) is 1.99. The van der Waals surface area contributed by atoms with E-state index in [0.29, 0.717) is 17.1 Å². The third kappa shape index (κ3) is 2.74. The summed E-state index contributed by atoms with van der Waals surface area (Å²) in [7, 11) is 0. The van der Waals surface area contributed by atoms with Gasteiger partial charge >= 0.3 is 0 Å². The molecule has 6 nitrogen and oxygen atoms in total. The number of hydrogen-bond donors (Lipinski definition) is 0. The molecule has 0 aliphatic heterocycles. The van der Waals surface area contributed by atoms with Crippen LogP contribution < -0.4 is 4.74 Å². The van der Waals surface area contributed by atoms with Gasteiger partial charge in [-0.25, -0.2) is 9.50 Å². The Kier molecular flexibility index (Phi) is 3.35. The van der Waals surface area contributed by atoms with Crippen LogP contribution in [0.1, 0.15) is 36.0 Å². The zero-order chi connectivity index (χ0) is 14.8. The maximum atomic E-state index is 11.2. The van der Waals surface area contributed by atoms with Crippen LogP contribution in [0.25, 0.3) is 5.78 Å². The molecule has 3 aromatic rings. The van der Waals surface area contributed by atoms with Gasteiger partial charge in [0.25, 0.3) is 5.78 Å². The van der Waals surface area contributed by atoms with Crippen LogP contribution in [0.2, 0.25) is 0 Å². The van der Waals surface area contributed by atoms with E-state index in [-0.39, 0.29) is 11.9 Å². The maximum absolute atomic E-state index is 11.2. The Morgan fingerprint density at radius 3 is 2.71 bits per heavy atom. The van der Waals surface area contributed by atoms with Gasteiger partial charge in [-0.05, 0) is 44.2 Å². The normalized spacial score (nSPS) is 12.3. The molecule has 0 radical (unpaired) electrons. The molecule has 0 bridgehead atoms. The fraction of sp³-hybridized carbons (Fsp3) is 0.200. The van der Waals surface area contributed by atoms with Gasteiger partial charge in [-0.2, -0.15) is 10.1 Å². The number of carbonyl (C=O) groups excluding carboxylic acids is 1. The summed E-state index contributed by atoms with van der Waals surface area (Å²) < 4.78 is 7.42. The predicted octanol–water partition coefficient (Wildman–Crippen LogP) is 2.47. The zero-order valence-electron chi connectivity index (χ0n) is 11.7. The molecule has 0 spiro atoms. The summed E-state index contributed by atoms with van der Waals surface area (Å²) in [5, 5.41) is 4.00. The van der Waals surface area contributed by atoms with Crippen molar-refractivity contribution >= 4 is 11.6 Å². The number of ketones is 1. The van der Waals surface area contributed by atoms with Crippen LogP contribution >= 0.6 is 0 Å². The minimum Gasteiger partial charge on any atom is -0.484 e. The summed E-state index contributed by atoms with van der Waals surface area (Å²) in [5.41, 5.74) is 1.43. The molecule has 2 heterocycles. The molecule has 1 aromatic carbocycles. The number of ether oxygens (including phenoxy) is 1. The second-order valence-corrected chi connectivity index (χ2v) is 4.70. The van der Waals surface area contributed by atoms with Crippen LogP contribution in [0.4, 0.5) is 0 Å². The molecule has 21 heavy (non-hydrogen) atoms. The van der Waals surface area contributed by atoms with E-state index in [0.717, 1.165) is 5.69 Å². The topological polar surface area (TPSA) is 69.4 Å². The van der Waals surface area contributed by atoms with E-state index in [1.807, 2.05) is 13.0 Å². The highest BCUT2D eigenvalue weighted by Crippen LogP contribution is 2.21. The smallest absolute Gasteiger partial charge is 0.252 e. The van der Waals surface area contributed by atoms with Crippen LogP contribution in [0, 0.1) is 0 Å². The molecule has 0 saturated carbocycles. The average molecular weight is 282 g/mol. The standard InChI is InChI=1S/C15H14N4O2/c1-10(20)12-3-5-13(6-4-12)21-11(2)14-7-8-19-15(18-14)16-9-17-19/h3-9,11H,1-2H3. The Bertz CT molecular complexity index is 780. The second kappa shape index (κ2) is 5.32. The van der Waals surface area contributed by atoms with Crippen molar-refractivity contribution in [1.29, 1.82) is 0 Å². The quantitative estimate of drug-likeness (QED) is 0.687. The van der Waals surface area contributed by atoms with E-state index in [9.17, 15) is 4.79 Å². The SMILES string of the molecule is CC(=O)c1ccc(OC(C)c2ccn3ncnc3n2)cc1. The van der Waals surface area contributed by atoms with Gasteiger partial charge in [-0.3, -0.25) is 4.79 Å². The Hall–Kier alpha value is -2.76. The number of aromatic nitrogens is 4. The van der Waals surface area contributed by atoms with Crippen molar-refractivity contribution in [3.8, 4) is 5.75 Å². The van der Waals surface area contributed by atoms with Crippen LogP contribution in [0.15, 0.2) is 42.9 Å². The third-order valence-electron chi connectivity index (χ3n) is 3.16. The molecule has 0 amide bonds. The van der Waals surface area contributed by atoms with E-state index < -0.39 is 0 Å². The summed E-state index contributed by atoms with van der Waals surface area (Å²) in [6.45, 7) is 3.45. The van der Waals surface area contributed by atoms with Crippen molar-refractivity contribution in [3.05, 3.63) is 54.1 Å². The number of hydrogen-bond acceptors (Lipinski definition) is 5. The molecule has 0 fully saturated rings. The van der Waals surface area contributed by atoms with Gasteiger partial charge in [0, 0.05) is 11.8 Å². The van der Waals surface area contributed by atoms with Crippen molar-refractivity contribution in [1.82, 2.24) is 19.6 Å². The first-order chi connectivity index (χ1) is 10.1. The van der Waals surface area contributed by atoms with Crippen molar-refractivity contribution in [3.63, 3.8) is 0 Å². The summed E-state index contributed by atoms with van der Waals surface area (Å²) >= 11 is 0. The Morgan fingerprint density at radius 1 is 1.24 bits per heavy atom. The van der Waals surface area contributed by atoms with E-state index in [2.05, 4.69) is 15.1 Å². The maximum Gasteiger partial charge on any atom is 0.252 e. The monoisotopic (exact) mass is 282 g/mol. The van der Waals surface area contributed by atoms with Gasteiger partial charge in [-0.15, -0.1) is 0 Å². The van der Waals surface area contributed by atoms with Crippen LogP contribution in [-0.4, -0.2) is 25.4 Å². The van der Waals surface area contributed by atoms with Gasteiger partial charge in [0.05, 0.1) is 5.69 Å². The lowest BCUT2D eigenvalue weighted by atomic mass is 10.1. The van der Waals surface area contributed by atoms with Crippen molar-refractivity contribution < 1.29 is 9.53 Å². The number of benzene rings is 1. The summed E-state index contributed by atoms with van der Waals surface area (Å²) in [5.74, 6) is 1.26. The summed E-state index contributed by atoms with van der Waals surface area (Å²) in [6, 6.07) is 8.90. The molecule has 6 heteroatoms. The van der Waals surface area contributed by atoms with Crippen molar-refractivity contribution in [2.75, 3.05) is 0 Å². The number of carbonyl (C=O) groups is 1. The van der Waals surface area contributed by atoms with Crippen LogP contribution in [0.5, 0.6) is 5.75 Å². The van der Waals surface area contributed by atoms with Gasteiger partial charge in [-0.1, -0.05) is 0 Å². The van der Waals surface area contributed by atoms with Crippen molar-refractivity contribution in [2.45, 2.75) is 20.0 Å². The van der Waals surface area contributed by atoms with E-state index >= 15 is 0 Å². The van der Waals surface area contributed by atoms with E-state index in [1.165, 1.54) is 13.3 Å². The third-order valence-corrected chi connectivity index (χ3v) is 3.16. The fourth-order valence-corrected chi connectivity index (χ4v) is 1.99. The van der Waals surface area contributed by atoms with Gasteiger partial charge in [0.15, 0.2) is 5.78 Å². The van der Waals surface area contributed by atoms with Gasteiger partial charge < -0.3 is 4.74 Å². The number of Topliss-reactive ketones (excluding diaryl/α,β-unsaturated/α-hetero) is 1. The lowest BCUT2D eigenvalue weighted by Gasteiger charge is -2.14. The van der Waals surface area contributed by atoms with Gasteiger partial charge in [0.1, 0.15) is 18.2 Å². The number of nitrogens with zero attached hydrogens (tertiary/aromatic N) is 4. The minimum absolute atomic E-state index is 0.0357. The zero-order valence-corrected chi connectivity index (χ0v) is 11.7. The Labute approximate surface area is 121 Å². The predicted molar refractivity (Wildman–Crippen MR) is 76.3 cm³/mol. The van der Waals surface area contributed by atoms with E-state index in [4.69, 9.17) is 4.74 Å². The average Bonchev–Trinajstić information content (AvgIpc) is 2.95. The largest absolute Gasteiger partial charge is 0.484 e. The highest BCUT2D eigenvalue weighted by atomic mass is 16.5. The molecule has 106 valence electrons. The first kappa shape index (κ1) is 13.2. The molecular formula is C15H14N4O2.